The Morgan fingerprint density at radius 1 is 0.831 bits per heavy atom. The third-order valence-corrected chi connectivity index (χ3v) is 11.9. The first kappa shape index (κ1) is 52.2. The fourth-order valence-corrected chi connectivity index (χ4v) is 8.39. The lowest BCUT2D eigenvalue weighted by molar-refractivity contribution is -0.163. The first-order valence-electron chi connectivity index (χ1n) is 22.8. The van der Waals surface area contributed by atoms with Crippen molar-refractivity contribution in [3.05, 3.63) is 71.8 Å². The number of ether oxygens (including phenoxy) is 2. The van der Waals surface area contributed by atoms with Gasteiger partial charge in [0.1, 0.15) is 42.3 Å². The number of amides is 6. The van der Waals surface area contributed by atoms with Crippen molar-refractivity contribution < 1.29 is 43.0 Å². The summed E-state index contributed by atoms with van der Waals surface area (Å²) in [7, 11) is 0. The molecule has 65 heavy (non-hydrogen) atoms. The molecule has 16 nitrogen and oxygen atoms in total. The summed E-state index contributed by atoms with van der Waals surface area (Å²) >= 11 is 1.43. The van der Waals surface area contributed by atoms with E-state index in [0.717, 1.165) is 17.5 Å². The predicted octanol–water partition coefficient (Wildman–Crippen LogP) is 5.04. The molecule has 17 heteroatoms. The monoisotopic (exact) mass is 919 g/mol. The maximum absolute atomic E-state index is 14.5. The first-order chi connectivity index (χ1) is 30.8. The maximum atomic E-state index is 14.5. The molecule has 1 unspecified atom stereocenters. The summed E-state index contributed by atoms with van der Waals surface area (Å²) in [6.07, 6.45) is 1.83. The van der Waals surface area contributed by atoms with Crippen LogP contribution in [0.1, 0.15) is 105 Å². The zero-order valence-electron chi connectivity index (χ0n) is 39.1. The molecular weight excluding hydrogens is 851 g/mol. The van der Waals surface area contributed by atoms with Crippen LogP contribution in [-0.4, -0.2) is 106 Å². The lowest BCUT2D eigenvalue weighted by Gasteiger charge is -2.32. The van der Waals surface area contributed by atoms with E-state index in [0.29, 0.717) is 31.0 Å². The zero-order chi connectivity index (χ0) is 47.7. The van der Waals surface area contributed by atoms with Crippen LogP contribution in [0.4, 0.5) is 4.79 Å². The molecule has 2 aliphatic heterocycles. The van der Waals surface area contributed by atoms with E-state index in [-0.39, 0.29) is 50.1 Å². The van der Waals surface area contributed by atoms with E-state index in [9.17, 15) is 33.6 Å². The maximum Gasteiger partial charge on any atom is 0.407 e. The summed E-state index contributed by atoms with van der Waals surface area (Å²) in [5.74, 6) is -5.07. The van der Waals surface area contributed by atoms with E-state index in [4.69, 9.17) is 9.47 Å². The summed E-state index contributed by atoms with van der Waals surface area (Å²) in [5.41, 5.74) is 0.767. The van der Waals surface area contributed by atoms with Crippen LogP contribution in [0.3, 0.4) is 0 Å². The molecule has 356 valence electrons. The van der Waals surface area contributed by atoms with E-state index in [1.165, 1.54) is 16.7 Å². The van der Waals surface area contributed by atoms with E-state index in [1.807, 2.05) is 81.4 Å². The standard InChI is InChI=1S/C48H69N7O9S/c1-30(2)27-35(45(61)64-48(6,7)8)40(56)52-37(28-33-17-11-9-12-18-33)44(60)55-26-16-22-38(55)42(58)53-39(31(3)4)43(59)51-36(41(57)54-46-49-25-23-32(5)65-46)21-15-24-50-47(62)63-29-34-19-13-10-14-20-34/h9-14,17-20,30-32,35-39H,15-16,21-29H2,1-8H3,(H,50,62)(H,51,59)(H,52,56)(H,53,58)(H,49,54,57)/t32?,35-,36-,37+,38-,39-/m0/s1. The quantitative estimate of drug-likeness (QED) is 0.0678. The number of amidine groups is 1. The Balaban J connectivity index is 1.47. The number of hydrogen-bond donors (Lipinski definition) is 5. The third-order valence-electron chi connectivity index (χ3n) is 10.8. The highest BCUT2D eigenvalue weighted by Gasteiger charge is 2.41. The average Bonchev–Trinajstić information content (AvgIpc) is 3.75. The molecule has 2 heterocycles. The minimum Gasteiger partial charge on any atom is -0.459 e. The molecule has 6 atom stereocenters. The van der Waals surface area contributed by atoms with Crippen LogP contribution in [0, 0.1) is 17.8 Å². The number of thioether (sulfide) groups is 1. The van der Waals surface area contributed by atoms with E-state index < -0.39 is 83.2 Å². The highest BCUT2D eigenvalue weighted by molar-refractivity contribution is 8.14. The predicted molar refractivity (Wildman–Crippen MR) is 250 cm³/mol. The van der Waals surface area contributed by atoms with Gasteiger partial charge >= 0.3 is 12.1 Å². The summed E-state index contributed by atoms with van der Waals surface area (Å²) in [5, 5.41) is 14.8. The first-order valence-corrected chi connectivity index (χ1v) is 23.6. The van der Waals surface area contributed by atoms with Gasteiger partial charge in [-0.1, -0.05) is 107 Å². The molecule has 0 spiro atoms. The fraction of sp³-hybridized carbons (Fsp3) is 0.583. The molecule has 0 saturated carbocycles. The van der Waals surface area contributed by atoms with Gasteiger partial charge in [0.05, 0.1) is 0 Å². The summed E-state index contributed by atoms with van der Waals surface area (Å²) < 4.78 is 10.9. The number of rotatable bonds is 20. The molecule has 0 aromatic heterocycles. The molecule has 2 aromatic rings. The number of alkyl carbamates (subject to hydrolysis) is 1. The van der Waals surface area contributed by atoms with Gasteiger partial charge in [-0.3, -0.25) is 33.8 Å². The smallest absolute Gasteiger partial charge is 0.407 e. The second-order valence-electron chi connectivity index (χ2n) is 18.5. The highest BCUT2D eigenvalue weighted by Crippen LogP contribution is 2.23. The number of nitrogens with zero attached hydrogens (tertiary/aromatic N) is 2. The van der Waals surface area contributed by atoms with Gasteiger partial charge in [0.2, 0.25) is 29.5 Å². The Hall–Kier alpha value is -5.45. The number of hydrogen-bond acceptors (Lipinski definition) is 11. The van der Waals surface area contributed by atoms with Gasteiger partial charge in [-0.15, -0.1) is 0 Å². The summed E-state index contributed by atoms with van der Waals surface area (Å²) in [4.78, 5) is 102. The lowest BCUT2D eigenvalue weighted by atomic mass is 9.95. The molecule has 1 saturated heterocycles. The molecule has 1 fully saturated rings. The molecule has 2 aromatic carbocycles. The number of benzene rings is 2. The second-order valence-corrected chi connectivity index (χ2v) is 19.9. The summed E-state index contributed by atoms with van der Waals surface area (Å²) in [6.45, 7) is 15.6. The van der Waals surface area contributed by atoms with Crippen LogP contribution in [0.25, 0.3) is 0 Å². The molecule has 0 aliphatic carbocycles. The second kappa shape index (κ2) is 25.3. The molecule has 2 aliphatic rings. The molecular formula is C48H69N7O9S. The number of likely N-dealkylation sites (tertiary alicyclic amines) is 1. The van der Waals surface area contributed by atoms with Gasteiger partial charge in [0.15, 0.2) is 5.17 Å². The highest BCUT2D eigenvalue weighted by atomic mass is 32.2. The lowest BCUT2D eigenvalue weighted by Crippen LogP contribution is -2.59. The van der Waals surface area contributed by atoms with Gasteiger partial charge in [-0.05, 0) is 82.3 Å². The van der Waals surface area contributed by atoms with Gasteiger partial charge in [0.25, 0.3) is 0 Å². The van der Waals surface area contributed by atoms with Crippen molar-refractivity contribution >= 4 is 58.5 Å². The largest absolute Gasteiger partial charge is 0.459 e. The van der Waals surface area contributed by atoms with Crippen molar-refractivity contribution in [3.63, 3.8) is 0 Å². The Kier molecular flexibility index (Phi) is 20.3. The minimum absolute atomic E-state index is 0.0313. The van der Waals surface area contributed by atoms with Crippen LogP contribution in [0.2, 0.25) is 0 Å². The van der Waals surface area contributed by atoms with Crippen molar-refractivity contribution in [2.75, 3.05) is 19.6 Å². The van der Waals surface area contributed by atoms with Crippen molar-refractivity contribution in [3.8, 4) is 0 Å². The number of carbonyl (C=O) groups is 7. The Bertz CT molecular complexity index is 1960. The Morgan fingerprint density at radius 2 is 1.48 bits per heavy atom. The Morgan fingerprint density at radius 3 is 2.09 bits per heavy atom. The van der Waals surface area contributed by atoms with E-state index in [2.05, 4.69) is 31.6 Å². The zero-order valence-corrected chi connectivity index (χ0v) is 40.0. The number of carbonyl (C=O) groups excluding carboxylic acids is 7. The SMILES string of the molecule is CC(C)C[C@@H](C(=O)N[C@H](Cc1ccccc1)C(=O)N1CCC[C@H]1C(=O)N[C@H](C(=O)N[C@@H](CCCNC(=O)OCc1ccccc1)C(=O)NC1=NCCC(C)S1)C(C)C)C(=O)OC(C)(C)C. The summed E-state index contributed by atoms with van der Waals surface area (Å²) in [6, 6.07) is 14.2. The van der Waals surface area contributed by atoms with Crippen LogP contribution >= 0.6 is 11.8 Å². The van der Waals surface area contributed by atoms with Gasteiger partial charge < -0.3 is 41.0 Å². The van der Waals surface area contributed by atoms with Gasteiger partial charge in [-0.25, -0.2) is 4.79 Å². The topological polar surface area (TPSA) is 214 Å². The number of esters is 1. The van der Waals surface area contributed by atoms with E-state index >= 15 is 0 Å². The van der Waals surface area contributed by atoms with Crippen LogP contribution in [0.5, 0.6) is 0 Å². The Labute approximate surface area is 388 Å². The number of nitrogens with one attached hydrogen (secondary N) is 5. The van der Waals surface area contributed by atoms with Crippen LogP contribution in [-0.2, 0) is 51.3 Å². The van der Waals surface area contributed by atoms with Crippen molar-refractivity contribution in [1.82, 2.24) is 31.5 Å². The third kappa shape index (κ3) is 17.5. The van der Waals surface area contributed by atoms with Crippen molar-refractivity contribution in [2.24, 2.45) is 22.7 Å². The fourth-order valence-electron chi connectivity index (χ4n) is 7.46. The minimum atomic E-state index is -1.16. The van der Waals surface area contributed by atoms with Gasteiger partial charge in [0, 0.05) is 31.3 Å². The van der Waals surface area contributed by atoms with Crippen LogP contribution < -0.4 is 26.6 Å². The normalized spacial score (nSPS) is 18.1. The van der Waals surface area contributed by atoms with Crippen LogP contribution in [0.15, 0.2) is 65.7 Å². The molecule has 5 N–H and O–H groups in total. The molecule has 4 rings (SSSR count). The average molecular weight is 920 g/mol. The molecule has 0 radical (unpaired) electrons. The van der Waals surface area contributed by atoms with E-state index in [1.54, 1.807) is 34.6 Å². The molecule has 6 amide bonds. The number of aliphatic imine (C=N–C) groups is 1. The van der Waals surface area contributed by atoms with Crippen molar-refractivity contribution in [1.29, 1.82) is 0 Å². The molecule has 0 bridgehead atoms. The van der Waals surface area contributed by atoms with Gasteiger partial charge in [-0.2, -0.15) is 0 Å². The van der Waals surface area contributed by atoms with Crippen molar-refractivity contribution in [2.45, 2.75) is 142 Å².